The van der Waals surface area contributed by atoms with Crippen LogP contribution in [0.5, 0.6) is 0 Å². The molecule has 0 radical (unpaired) electrons. The standard InChI is InChI=1S/C10H15N3O/c1-3-4-8(2)10-11-9-7-14-6-5-13(9)12-10/h3,8H,1,4-7H2,2H3. The van der Waals surface area contributed by atoms with Crippen molar-refractivity contribution in [3.63, 3.8) is 0 Å². The Labute approximate surface area is 83.6 Å². The maximum Gasteiger partial charge on any atom is 0.154 e. The van der Waals surface area contributed by atoms with Crippen LogP contribution < -0.4 is 0 Å². The molecule has 2 rings (SSSR count). The third-order valence-electron chi connectivity index (χ3n) is 2.40. The maximum absolute atomic E-state index is 5.31. The second-order valence-electron chi connectivity index (χ2n) is 3.59. The fourth-order valence-electron chi connectivity index (χ4n) is 1.56. The lowest BCUT2D eigenvalue weighted by Crippen LogP contribution is -2.17. The van der Waals surface area contributed by atoms with Crippen molar-refractivity contribution >= 4 is 0 Å². The van der Waals surface area contributed by atoms with Crippen molar-refractivity contribution in [1.82, 2.24) is 14.8 Å². The Morgan fingerprint density at radius 1 is 1.71 bits per heavy atom. The van der Waals surface area contributed by atoms with Crippen LogP contribution in [0.2, 0.25) is 0 Å². The van der Waals surface area contributed by atoms with Crippen LogP contribution in [0.4, 0.5) is 0 Å². The van der Waals surface area contributed by atoms with E-state index in [-0.39, 0.29) is 0 Å². The van der Waals surface area contributed by atoms with Gasteiger partial charge in [-0.05, 0) is 6.42 Å². The van der Waals surface area contributed by atoms with E-state index in [0.29, 0.717) is 12.5 Å². The minimum Gasteiger partial charge on any atom is -0.372 e. The third-order valence-corrected chi connectivity index (χ3v) is 2.40. The van der Waals surface area contributed by atoms with Gasteiger partial charge in [-0.25, -0.2) is 9.67 Å². The Hall–Kier alpha value is -1.16. The number of allylic oxidation sites excluding steroid dienone is 1. The molecule has 1 aromatic rings. The highest BCUT2D eigenvalue weighted by Crippen LogP contribution is 2.17. The van der Waals surface area contributed by atoms with Crippen LogP contribution >= 0.6 is 0 Å². The zero-order valence-corrected chi connectivity index (χ0v) is 8.44. The number of nitrogens with zero attached hydrogens (tertiary/aromatic N) is 3. The van der Waals surface area contributed by atoms with Gasteiger partial charge < -0.3 is 4.74 Å². The molecule has 76 valence electrons. The summed E-state index contributed by atoms with van der Waals surface area (Å²) in [5, 5.41) is 4.45. The monoisotopic (exact) mass is 193 g/mol. The fourth-order valence-corrected chi connectivity index (χ4v) is 1.56. The van der Waals surface area contributed by atoms with E-state index in [4.69, 9.17) is 4.74 Å². The molecule has 0 spiro atoms. The fraction of sp³-hybridized carbons (Fsp3) is 0.600. The van der Waals surface area contributed by atoms with Gasteiger partial charge >= 0.3 is 0 Å². The average Bonchev–Trinajstić information content (AvgIpc) is 2.61. The predicted molar refractivity (Wildman–Crippen MR) is 52.9 cm³/mol. The molecule has 0 aliphatic carbocycles. The molecule has 0 bridgehead atoms. The number of rotatable bonds is 3. The predicted octanol–water partition coefficient (Wildman–Crippen LogP) is 1.49. The molecule has 1 aromatic heterocycles. The molecule has 4 heteroatoms. The lowest BCUT2D eigenvalue weighted by Gasteiger charge is -2.11. The molecule has 0 amide bonds. The van der Waals surface area contributed by atoms with Crippen LogP contribution in [0.15, 0.2) is 12.7 Å². The van der Waals surface area contributed by atoms with E-state index < -0.39 is 0 Å². The van der Waals surface area contributed by atoms with E-state index >= 15 is 0 Å². The topological polar surface area (TPSA) is 39.9 Å². The Morgan fingerprint density at radius 2 is 2.57 bits per heavy atom. The Morgan fingerprint density at radius 3 is 3.29 bits per heavy atom. The minimum absolute atomic E-state index is 0.352. The second kappa shape index (κ2) is 3.92. The molecule has 0 aromatic carbocycles. The van der Waals surface area contributed by atoms with Crippen molar-refractivity contribution < 1.29 is 4.74 Å². The van der Waals surface area contributed by atoms with Crippen molar-refractivity contribution in [3.8, 4) is 0 Å². The first kappa shape index (κ1) is 9.40. The summed E-state index contributed by atoms with van der Waals surface area (Å²) in [4.78, 5) is 4.45. The van der Waals surface area contributed by atoms with Gasteiger partial charge in [-0.15, -0.1) is 6.58 Å². The first-order valence-corrected chi connectivity index (χ1v) is 4.93. The van der Waals surface area contributed by atoms with Crippen molar-refractivity contribution in [2.75, 3.05) is 6.61 Å². The highest BCUT2D eigenvalue weighted by atomic mass is 16.5. The van der Waals surface area contributed by atoms with E-state index in [1.165, 1.54) is 0 Å². The largest absolute Gasteiger partial charge is 0.372 e. The summed E-state index contributed by atoms with van der Waals surface area (Å²) in [6.07, 6.45) is 2.82. The van der Waals surface area contributed by atoms with Crippen LogP contribution in [0.1, 0.15) is 30.9 Å². The quantitative estimate of drug-likeness (QED) is 0.683. The van der Waals surface area contributed by atoms with E-state index in [1.54, 1.807) is 0 Å². The van der Waals surface area contributed by atoms with E-state index in [0.717, 1.165) is 31.2 Å². The normalized spacial score (nSPS) is 17.5. The molecule has 4 nitrogen and oxygen atoms in total. The molecule has 0 saturated heterocycles. The van der Waals surface area contributed by atoms with E-state index in [1.807, 2.05) is 10.8 Å². The van der Waals surface area contributed by atoms with Gasteiger partial charge in [0.25, 0.3) is 0 Å². The van der Waals surface area contributed by atoms with Gasteiger partial charge in [-0.3, -0.25) is 0 Å². The summed E-state index contributed by atoms with van der Waals surface area (Å²) in [7, 11) is 0. The molecule has 1 unspecified atom stereocenters. The van der Waals surface area contributed by atoms with Crippen LogP contribution in [-0.4, -0.2) is 21.4 Å². The second-order valence-corrected chi connectivity index (χ2v) is 3.59. The summed E-state index contributed by atoms with van der Waals surface area (Å²) in [5.41, 5.74) is 0. The number of hydrogen-bond donors (Lipinski definition) is 0. The first-order chi connectivity index (χ1) is 6.81. The summed E-state index contributed by atoms with van der Waals surface area (Å²) in [5.74, 6) is 2.21. The van der Waals surface area contributed by atoms with Crippen LogP contribution in [0, 0.1) is 0 Å². The Balaban J connectivity index is 2.19. The van der Waals surface area contributed by atoms with Crippen molar-refractivity contribution in [2.45, 2.75) is 32.4 Å². The number of hydrogen-bond acceptors (Lipinski definition) is 3. The van der Waals surface area contributed by atoms with Crippen molar-refractivity contribution in [1.29, 1.82) is 0 Å². The zero-order chi connectivity index (χ0) is 9.97. The molecule has 0 saturated carbocycles. The van der Waals surface area contributed by atoms with Gasteiger partial charge in [0.1, 0.15) is 6.61 Å². The molecule has 1 aliphatic heterocycles. The Bertz CT molecular complexity index is 309. The number of fused-ring (bicyclic) bond motifs is 1. The van der Waals surface area contributed by atoms with Crippen molar-refractivity contribution in [2.24, 2.45) is 0 Å². The molecule has 1 atom stereocenters. The van der Waals surface area contributed by atoms with Crippen molar-refractivity contribution in [3.05, 3.63) is 24.3 Å². The highest BCUT2D eigenvalue weighted by molar-refractivity contribution is 5.00. The van der Waals surface area contributed by atoms with Gasteiger partial charge in [0, 0.05) is 5.92 Å². The van der Waals surface area contributed by atoms with Gasteiger partial charge in [0.05, 0.1) is 13.2 Å². The highest BCUT2D eigenvalue weighted by Gasteiger charge is 2.16. The lowest BCUT2D eigenvalue weighted by molar-refractivity contribution is 0.0769. The van der Waals surface area contributed by atoms with Crippen LogP contribution in [-0.2, 0) is 17.9 Å². The average molecular weight is 193 g/mol. The summed E-state index contributed by atoms with van der Waals surface area (Å²) >= 11 is 0. The molecule has 2 heterocycles. The molecule has 0 N–H and O–H groups in total. The first-order valence-electron chi connectivity index (χ1n) is 4.93. The van der Waals surface area contributed by atoms with Gasteiger partial charge in [-0.1, -0.05) is 13.0 Å². The lowest BCUT2D eigenvalue weighted by atomic mass is 10.1. The van der Waals surface area contributed by atoms with Crippen LogP contribution in [0.25, 0.3) is 0 Å². The SMILES string of the molecule is C=CCC(C)c1nc2n(n1)CCOC2. The number of aromatic nitrogens is 3. The van der Waals surface area contributed by atoms with Crippen LogP contribution in [0.3, 0.4) is 0 Å². The van der Waals surface area contributed by atoms with E-state index in [9.17, 15) is 0 Å². The summed E-state index contributed by atoms with van der Waals surface area (Å²) in [6, 6.07) is 0. The van der Waals surface area contributed by atoms with Gasteiger partial charge in [0.2, 0.25) is 0 Å². The molecule has 14 heavy (non-hydrogen) atoms. The third kappa shape index (κ3) is 1.70. The Kier molecular flexibility index (Phi) is 2.63. The van der Waals surface area contributed by atoms with Gasteiger partial charge in [-0.2, -0.15) is 5.10 Å². The smallest absolute Gasteiger partial charge is 0.154 e. The summed E-state index contributed by atoms with van der Waals surface area (Å²) < 4.78 is 7.25. The molecule has 1 aliphatic rings. The number of ether oxygens (including phenoxy) is 1. The summed E-state index contributed by atoms with van der Waals surface area (Å²) in [6.45, 7) is 7.99. The molecular formula is C10H15N3O. The zero-order valence-electron chi connectivity index (χ0n) is 8.44. The minimum atomic E-state index is 0.352. The van der Waals surface area contributed by atoms with E-state index in [2.05, 4.69) is 23.6 Å². The molecular weight excluding hydrogens is 178 g/mol. The maximum atomic E-state index is 5.31. The molecule has 0 fully saturated rings. The van der Waals surface area contributed by atoms with Gasteiger partial charge in [0.15, 0.2) is 11.6 Å².